The maximum Gasteiger partial charge on any atom is 0.245 e. The molecule has 0 spiro atoms. The molecule has 1 aromatic heterocycles. The molecule has 1 saturated heterocycles. The van der Waals surface area contributed by atoms with Crippen molar-refractivity contribution >= 4 is 62.8 Å². The maximum atomic E-state index is 14.6. The normalized spacial score (nSPS) is 17.3. The summed E-state index contributed by atoms with van der Waals surface area (Å²) in [6.45, 7) is 2.21. The van der Waals surface area contributed by atoms with Gasteiger partial charge in [0, 0.05) is 41.8 Å². The van der Waals surface area contributed by atoms with Gasteiger partial charge in [-0.1, -0.05) is 118 Å². The molecule has 1 saturated carbocycles. The van der Waals surface area contributed by atoms with Gasteiger partial charge in [0.2, 0.25) is 41.4 Å². The fraction of sp³-hybridized carbons (Fsp3) is 0.471. The summed E-state index contributed by atoms with van der Waals surface area (Å²) in [4.78, 5) is 99.3. The van der Waals surface area contributed by atoms with Crippen LogP contribution < -0.4 is 38.1 Å². The molecule has 9 N–H and O–H groups in total. The van der Waals surface area contributed by atoms with Gasteiger partial charge < -0.3 is 43.0 Å². The van der Waals surface area contributed by atoms with E-state index < -0.39 is 71.7 Å². The van der Waals surface area contributed by atoms with Crippen LogP contribution in [0.3, 0.4) is 0 Å². The first-order valence-electron chi connectivity index (χ1n) is 23.8. The Morgan fingerprint density at radius 2 is 1.24 bits per heavy atom. The number of hydrogen-bond donors (Lipinski definition) is 7. The lowest BCUT2D eigenvalue weighted by atomic mass is 9.84. The van der Waals surface area contributed by atoms with Crippen LogP contribution in [0.5, 0.6) is 0 Å². The Kier molecular flexibility index (Phi) is 18.9. The zero-order chi connectivity index (χ0) is 47.7. The molecule has 6 atom stereocenters. The zero-order valence-electron chi connectivity index (χ0n) is 38.4. The van der Waals surface area contributed by atoms with Crippen molar-refractivity contribution < 1.29 is 33.6 Å². The molecular weight excluding hydrogens is 869 g/mol. The highest BCUT2D eigenvalue weighted by Crippen LogP contribution is 2.29. The second kappa shape index (κ2) is 25.1. The van der Waals surface area contributed by atoms with Gasteiger partial charge >= 0.3 is 0 Å². The Hall–Kier alpha value is -6.13. The second-order valence-corrected chi connectivity index (χ2v) is 19.0. The van der Waals surface area contributed by atoms with Crippen LogP contribution in [0.15, 0.2) is 91.0 Å². The van der Waals surface area contributed by atoms with E-state index in [1.807, 2.05) is 91.0 Å². The molecule has 358 valence electrons. The lowest BCUT2D eigenvalue weighted by Gasteiger charge is -2.32. The van der Waals surface area contributed by atoms with E-state index in [1.165, 1.54) is 16.2 Å². The molecule has 3 aromatic carbocycles. The van der Waals surface area contributed by atoms with E-state index in [0.29, 0.717) is 25.7 Å². The number of amides is 7. The van der Waals surface area contributed by atoms with Gasteiger partial charge in [-0.05, 0) is 73.2 Å². The molecule has 7 amide bonds. The molecule has 0 bridgehead atoms. The molecule has 16 heteroatoms. The highest BCUT2D eigenvalue weighted by atomic mass is 32.1. The van der Waals surface area contributed by atoms with Crippen molar-refractivity contribution in [3.8, 4) is 0 Å². The number of primary amides is 1. The van der Waals surface area contributed by atoms with E-state index in [2.05, 4.69) is 26.6 Å². The van der Waals surface area contributed by atoms with E-state index in [1.54, 1.807) is 6.92 Å². The van der Waals surface area contributed by atoms with Crippen LogP contribution in [-0.2, 0) is 52.8 Å². The van der Waals surface area contributed by atoms with Crippen LogP contribution in [0.2, 0.25) is 0 Å². The first-order valence-corrected chi connectivity index (χ1v) is 24.6. The van der Waals surface area contributed by atoms with Crippen LogP contribution >= 0.6 is 11.3 Å². The highest BCUT2D eigenvalue weighted by Gasteiger charge is 2.40. The second-order valence-electron chi connectivity index (χ2n) is 17.8. The van der Waals surface area contributed by atoms with E-state index in [4.69, 9.17) is 11.5 Å². The number of benzene rings is 3. The molecule has 2 fully saturated rings. The third kappa shape index (κ3) is 14.7. The van der Waals surface area contributed by atoms with Crippen molar-refractivity contribution in [2.75, 3.05) is 13.1 Å². The summed E-state index contributed by atoms with van der Waals surface area (Å²) in [6, 6.07) is 22.1. The molecule has 2 aliphatic rings. The first kappa shape index (κ1) is 50.3. The molecule has 67 heavy (non-hydrogen) atoms. The van der Waals surface area contributed by atoms with Crippen LogP contribution in [0, 0.1) is 5.92 Å². The Morgan fingerprint density at radius 1 is 0.657 bits per heavy atom. The van der Waals surface area contributed by atoms with E-state index >= 15 is 0 Å². The van der Waals surface area contributed by atoms with Crippen molar-refractivity contribution in [3.63, 3.8) is 0 Å². The topological polar surface area (TPSA) is 235 Å². The van der Waals surface area contributed by atoms with Crippen LogP contribution in [0.1, 0.15) is 93.6 Å². The maximum absolute atomic E-state index is 14.6. The standard InChI is InChI=1S/C51H66N8O7S/c1-2-45(60)54-40(29-34-18-8-4-9-19-34)47(62)55-38(23-14-26-52)51(66)59-27-15-24-43(59)50(65)58-41(30-35-20-10-5-11-21-35)48(63)57-42(32-37-31-36-22-12-13-25-44(36)67-37)49(64)56-39(46(53)61)28-33-16-6-3-7-17-33/h3-4,6-9,12-13,16-19,22,25,31,35,38-43H,2,5,10-11,14-15,20-21,23-24,26-30,32,52H2,1H3,(H2,53,61)(H,54,60)(H,55,62)(H,56,64)(H,57,63)(H,58,65)/t38-,39-,40-,41+,42-,43-/m0/s1. The number of hydrogen-bond acceptors (Lipinski definition) is 9. The summed E-state index contributed by atoms with van der Waals surface area (Å²) in [6.07, 6.45) is 7.30. The average Bonchev–Trinajstić information content (AvgIpc) is 4.00. The quantitative estimate of drug-likeness (QED) is 0.0574. The number of thiophene rings is 1. The Labute approximate surface area is 396 Å². The lowest BCUT2D eigenvalue weighted by molar-refractivity contribution is -0.142. The number of nitrogens with two attached hydrogens (primary N) is 2. The van der Waals surface area contributed by atoms with Gasteiger partial charge in [0.15, 0.2) is 0 Å². The number of carbonyl (C=O) groups excluding carboxylic acids is 7. The summed E-state index contributed by atoms with van der Waals surface area (Å²) in [7, 11) is 0. The van der Waals surface area contributed by atoms with Crippen molar-refractivity contribution in [1.29, 1.82) is 0 Å². The van der Waals surface area contributed by atoms with Crippen LogP contribution in [-0.4, -0.2) is 95.6 Å². The first-order chi connectivity index (χ1) is 32.4. The minimum atomic E-state index is -1.13. The van der Waals surface area contributed by atoms with Crippen LogP contribution in [0.4, 0.5) is 0 Å². The monoisotopic (exact) mass is 934 g/mol. The molecule has 6 rings (SSSR count). The Morgan fingerprint density at radius 3 is 1.87 bits per heavy atom. The molecule has 0 radical (unpaired) electrons. The fourth-order valence-corrected chi connectivity index (χ4v) is 10.2. The zero-order valence-corrected chi connectivity index (χ0v) is 39.2. The van der Waals surface area contributed by atoms with E-state index in [0.717, 1.165) is 58.2 Å². The molecule has 1 aliphatic carbocycles. The van der Waals surface area contributed by atoms with Gasteiger partial charge in [0.25, 0.3) is 0 Å². The van der Waals surface area contributed by atoms with Gasteiger partial charge in [0.05, 0.1) is 0 Å². The summed E-state index contributed by atoms with van der Waals surface area (Å²) >= 11 is 1.50. The number of nitrogens with one attached hydrogen (secondary N) is 5. The third-order valence-electron chi connectivity index (χ3n) is 12.8. The molecule has 0 unspecified atom stereocenters. The number of fused-ring (bicyclic) bond motifs is 1. The predicted molar refractivity (Wildman–Crippen MR) is 259 cm³/mol. The Balaban J connectivity index is 1.21. The summed E-state index contributed by atoms with van der Waals surface area (Å²) in [5, 5.41) is 15.4. The number of likely N-dealkylation sites (tertiary alicyclic amines) is 1. The number of nitrogens with zero attached hydrogens (tertiary/aromatic N) is 1. The summed E-state index contributed by atoms with van der Waals surface area (Å²) in [5.41, 5.74) is 13.3. The van der Waals surface area contributed by atoms with E-state index in [9.17, 15) is 33.6 Å². The molecular formula is C51H66N8O7S. The van der Waals surface area contributed by atoms with Gasteiger partial charge in [-0.2, -0.15) is 0 Å². The minimum absolute atomic E-state index is 0.118. The highest BCUT2D eigenvalue weighted by molar-refractivity contribution is 7.19. The molecule has 2 heterocycles. The Bertz CT molecular complexity index is 2270. The third-order valence-corrected chi connectivity index (χ3v) is 13.9. The van der Waals surface area contributed by atoms with Crippen molar-refractivity contribution in [2.45, 2.75) is 133 Å². The largest absolute Gasteiger partial charge is 0.368 e. The molecule has 15 nitrogen and oxygen atoms in total. The average molecular weight is 935 g/mol. The van der Waals surface area contributed by atoms with Gasteiger partial charge in [-0.15, -0.1) is 11.3 Å². The van der Waals surface area contributed by atoms with Gasteiger partial charge in [0.1, 0.15) is 36.3 Å². The molecule has 4 aromatic rings. The summed E-state index contributed by atoms with van der Waals surface area (Å²) < 4.78 is 1.01. The minimum Gasteiger partial charge on any atom is -0.368 e. The van der Waals surface area contributed by atoms with Gasteiger partial charge in [-0.3, -0.25) is 33.6 Å². The fourth-order valence-electron chi connectivity index (χ4n) is 9.13. The van der Waals surface area contributed by atoms with Crippen molar-refractivity contribution in [2.24, 2.45) is 17.4 Å². The van der Waals surface area contributed by atoms with E-state index in [-0.39, 0.29) is 57.0 Å². The van der Waals surface area contributed by atoms with Gasteiger partial charge in [-0.25, -0.2) is 0 Å². The molecule has 1 aliphatic heterocycles. The summed E-state index contributed by atoms with van der Waals surface area (Å²) in [5.74, 6) is -3.53. The predicted octanol–water partition coefficient (Wildman–Crippen LogP) is 3.95. The number of rotatable bonds is 23. The van der Waals surface area contributed by atoms with Crippen molar-refractivity contribution in [1.82, 2.24) is 31.5 Å². The smallest absolute Gasteiger partial charge is 0.245 e. The SMILES string of the molecule is CCC(=O)N[C@@H](Cc1ccccc1)C(=O)N[C@@H](CCCN)C(=O)N1CCC[C@H]1C(=O)N[C@H](CC1CCCCC1)C(=O)N[C@@H](Cc1cc2ccccc2s1)C(=O)N[C@@H](Cc1ccccc1)C(N)=O. The number of carbonyl (C=O) groups is 7. The van der Waals surface area contributed by atoms with Crippen molar-refractivity contribution in [3.05, 3.63) is 107 Å². The van der Waals surface area contributed by atoms with Crippen LogP contribution in [0.25, 0.3) is 10.1 Å². The lowest BCUT2D eigenvalue weighted by Crippen LogP contribution is -2.60.